The van der Waals surface area contributed by atoms with Crippen LogP contribution in [0.5, 0.6) is 5.75 Å². The molecular formula is C15H10BrClFNO. The molecule has 0 bridgehead atoms. The van der Waals surface area contributed by atoms with Crippen molar-refractivity contribution in [3.05, 3.63) is 63.3 Å². The van der Waals surface area contributed by atoms with Gasteiger partial charge in [-0.3, -0.25) is 0 Å². The summed E-state index contributed by atoms with van der Waals surface area (Å²) in [4.78, 5) is 0. The van der Waals surface area contributed by atoms with Crippen molar-refractivity contribution in [3.63, 3.8) is 0 Å². The van der Waals surface area contributed by atoms with Gasteiger partial charge in [-0.1, -0.05) is 48.0 Å². The summed E-state index contributed by atoms with van der Waals surface area (Å²) in [6, 6.07) is 15.2. The summed E-state index contributed by atoms with van der Waals surface area (Å²) in [6.45, 7) is 0. The van der Waals surface area contributed by atoms with Gasteiger partial charge in [0.1, 0.15) is 17.6 Å². The second-order valence-electron chi connectivity index (χ2n) is 4.06. The van der Waals surface area contributed by atoms with Crippen LogP contribution in [0.1, 0.15) is 5.56 Å². The van der Waals surface area contributed by atoms with E-state index in [4.69, 9.17) is 21.6 Å². The smallest absolute Gasteiger partial charge is 0.188 e. The number of halogens is 3. The van der Waals surface area contributed by atoms with E-state index in [-0.39, 0.29) is 5.02 Å². The Morgan fingerprint density at radius 1 is 1.25 bits per heavy atom. The van der Waals surface area contributed by atoms with Crippen molar-refractivity contribution < 1.29 is 9.13 Å². The number of nitrogens with zero attached hydrogens (tertiary/aromatic N) is 1. The Labute approximate surface area is 129 Å². The van der Waals surface area contributed by atoms with Gasteiger partial charge in [-0.2, -0.15) is 5.26 Å². The average molecular weight is 355 g/mol. The lowest BCUT2D eigenvalue weighted by atomic mass is 10.1. The van der Waals surface area contributed by atoms with Crippen LogP contribution in [0, 0.1) is 17.1 Å². The fourth-order valence-electron chi connectivity index (χ4n) is 1.74. The zero-order chi connectivity index (χ0) is 14.5. The first-order chi connectivity index (χ1) is 9.63. The van der Waals surface area contributed by atoms with Crippen molar-refractivity contribution in [1.29, 1.82) is 5.26 Å². The molecule has 0 aliphatic carbocycles. The lowest BCUT2D eigenvalue weighted by Crippen LogP contribution is -2.08. The highest BCUT2D eigenvalue weighted by Crippen LogP contribution is 2.40. The van der Waals surface area contributed by atoms with E-state index >= 15 is 0 Å². The monoisotopic (exact) mass is 353 g/mol. The largest absolute Gasteiger partial charge is 0.475 e. The lowest BCUT2D eigenvalue weighted by molar-refractivity contribution is 0.289. The summed E-state index contributed by atoms with van der Waals surface area (Å²) in [5.41, 5.74) is 0.753. The fraction of sp³-hybridized carbons (Fsp3) is 0.133. The maximum absolute atomic E-state index is 13.1. The molecule has 0 aromatic heterocycles. The first-order valence-corrected chi connectivity index (χ1v) is 7.03. The van der Waals surface area contributed by atoms with Crippen LogP contribution in [0.4, 0.5) is 4.39 Å². The van der Waals surface area contributed by atoms with Gasteiger partial charge in [0.25, 0.3) is 0 Å². The summed E-state index contributed by atoms with van der Waals surface area (Å²) in [7, 11) is 0. The third-order valence-electron chi connectivity index (χ3n) is 2.69. The Kier molecular flexibility index (Phi) is 4.99. The van der Waals surface area contributed by atoms with E-state index in [2.05, 4.69) is 15.9 Å². The minimum Gasteiger partial charge on any atom is -0.475 e. The third-order valence-corrected chi connectivity index (χ3v) is 4.16. The maximum Gasteiger partial charge on any atom is 0.188 e. The molecule has 1 heterocycles. The van der Waals surface area contributed by atoms with E-state index in [9.17, 15) is 4.39 Å². The molecule has 2 aromatic rings. The first-order valence-electron chi connectivity index (χ1n) is 5.86. The van der Waals surface area contributed by atoms with Crippen LogP contribution in [0.3, 0.4) is 0 Å². The summed E-state index contributed by atoms with van der Waals surface area (Å²) in [5, 5.41) is 8.68. The highest BCUT2D eigenvalue weighted by molar-refractivity contribution is 9.10. The molecule has 0 N–H and O–H groups in total. The van der Waals surface area contributed by atoms with Crippen molar-refractivity contribution in [2.45, 2.75) is 12.5 Å². The Morgan fingerprint density at radius 2 is 1.80 bits per heavy atom. The Morgan fingerprint density at radius 3 is 2.30 bits per heavy atom. The SMILES string of the molecule is N#CC1Cc2c(cc(F)c(Cl)c2Br)O1.c1ccccc1. The Hall–Kier alpha value is -1.57. The quantitative estimate of drug-likeness (QED) is 0.639. The van der Waals surface area contributed by atoms with E-state index in [1.807, 2.05) is 42.5 Å². The van der Waals surface area contributed by atoms with Crippen LogP contribution in [0.25, 0.3) is 0 Å². The van der Waals surface area contributed by atoms with Crippen molar-refractivity contribution in [2.24, 2.45) is 0 Å². The molecule has 3 rings (SSSR count). The van der Waals surface area contributed by atoms with Crippen LogP contribution in [-0.4, -0.2) is 6.10 Å². The molecule has 0 amide bonds. The molecule has 2 aromatic carbocycles. The molecule has 0 saturated carbocycles. The van der Waals surface area contributed by atoms with Crippen LogP contribution in [-0.2, 0) is 6.42 Å². The molecule has 0 fully saturated rings. The fourth-order valence-corrected chi connectivity index (χ4v) is 2.46. The Bertz CT molecular complexity index is 616. The van der Waals surface area contributed by atoms with Gasteiger partial charge in [0.2, 0.25) is 0 Å². The van der Waals surface area contributed by atoms with E-state index in [0.29, 0.717) is 16.6 Å². The number of ether oxygens (including phenoxy) is 1. The standard InChI is InChI=1S/C9H4BrClFNO.C6H6/c10-8-5-1-4(3-13)14-7(5)2-6(12)9(8)11;1-2-4-6-5-3-1/h2,4H,1H2;1-6H. The molecule has 0 saturated heterocycles. The van der Waals surface area contributed by atoms with Gasteiger partial charge in [-0.05, 0) is 15.9 Å². The highest BCUT2D eigenvalue weighted by atomic mass is 79.9. The van der Waals surface area contributed by atoms with Crippen LogP contribution in [0.15, 0.2) is 46.9 Å². The van der Waals surface area contributed by atoms with E-state index in [1.165, 1.54) is 6.07 Å². The number of fused-ring (bicyclic) bond motifs is 1. The van der Waals surface area contributed by atoms with Crippen molar-refractivity contribution in [1.82, 2.24) is 0 Å². The molecule has 102 valence electrons. The molecule has 1 aliphatic heterocycles. The van der Waals surface area contributed by atoms with E-state index in [1.54, 1.807) is 0 Å². The maximum atomic E-state index is 13.1. The van der Waals surface area contributed by atoms with Crippen molar-refractivity contribution >= 4 is 27.5 Å². The summed E-state index contributed by atoms with van der Waals surface area (Å²) >= 11 is 8.87. The Balaban J connectivity index is 0.000000205. The second-order valence-corrected chi connectivity index (χ2v) is 5.23. The molecule has 5 heteroatoms. The molecule has 1 unspecified atom stereocenters. The lowest BCUT2D eigenvalue weighted by Gasteiger charge is -2.03. The molecule has 0 spiro atoms. The average Bonchev–Trinajstić information content (AvgIpc) is 2.90. The summed E-state index contributed by atoms with van der Waals surface area (Å²) in [5.74, 6) is -0.152. The predicted molar refractivity (Wildman–Crippen MR) is 79.3 cm³/mol. The van der Waals surface area contributed by atoms with Crippen LogP contribution in [0.2, 0.25) is 5.02 Å². The zero-order valence-electron chi connectivity index (χ0n) is 10.3. The molecule has 2 nitrogen and oxygen atoms in total. The van der Waals surface area contributed by atoms with Crippen LogP contribution < -0.4 is 4.74 Å². The van der Waals surface area contributed by atoms with Gasteiger partial charge in [0.15, 0.2) is 6.10 Å². The molecule has 1 atom stereocenters. The van der Waals surface area contributed by atoms with Gasteiger partial charge in [-0.15, -0.1) is 0 Å². The first kappa shape index (κ1) is 14.8. The van der Waals surface area contributed by atoms with Gasteiger partial charge in [-0.25, -0.2) is 4.39 Å². The number of hydrogen-bond donors (Lipinski definition) is 0. The molecule has 1 aliphatic rings. The van der Waals surface area contributed by atoms with Gasteiger partial charge < -0.3 is 4.74 Å². The van der Waals surface area contributed by atoms with Gasteiger partial charge in [0, 0.05) is 22.5 Å². The summed E-state index contributed by atoms with van der Waals surface area (Å²) < 4.78 is 18.8. The molecular weight excluding hydrogens is 345 g/mol. The molecule has 0 radical (unpaired) electrons. The van der Waals surface area contributed by atoms with Crippen LogP contribution >= 0.6 is 27.5 Å². The topological polar surface area (TPSA) is 33.0 Å². The van der Waals surface area contributed by atoms with Crippen molar-refractivity contribution in [2.75, 3.05) is 0 Å². The van der Waals surface area contributed by atoms with Gasteiger partial charge >= 0.3 is 0 Å². The van der Waals surface area contributed by atoms with E-state index in [0.717, 1.165) is 5.56 Å². The summed E-state index contributed by atoms with van der Waals surface area (Å²) in [6.07, 6.45) is -0.106. The van der Waals surface area contributed by atoms with Gasteiger partial charge in [0.05, 0.1) is 5.02 Å². The van der Waals surface area contributed by atoms with E-state index < -0.39 is 11.9 Å². The minimum atomic E-state index is -0.545. The minimum absolute atomic E-state index is 0.0333. The zero-order valence-corrected chi connectivity index (χ0v) is 12.7. The molecule has 20 heavy (non-hydrogen) atoms. The van der Waals surface area contributed by atoms with Crippen molar-refractivity contribution in [3.8, 4) is 11.8 Å². The number of benzene rings is 2. The predicted octanol–water partition coefficient (Wildman–Crippen LogP) is 4.76. The normalized spacial score (nSPS) is 15.4. The second kappa shape index (κ2) is 6.74. The highest BCUT2D eigenvalue weighted by Gasteiger charge is 2.27. The number of rotatable bonds is 0. The third kappa shape index (κ3) is 3.30. The number of hydrogen-bond acceptors (Lipinski definition) is 2. The number of nitriles is 1.